The summed E-state index contributed by atoms with van der Waals surface area (Å²) in [7, 11) is 0. The first kappa shape index (κ1) is 14.6. The van der Waals surface area contributed by atoms with Crippen LogP contribution in [0.2, 0.25) is 0 Å². The topological polar surface area (TPSA) is 62.5 Å². The largest absolute Gasteiger partial charge is 0.481 e. The van der Waals surface area contributed by atoms with Gasteiger partial charge in [0, 0.05) is 30.3 Å². The Kier molecular flexibility index (Phi) is 3.59. The minimum absolute atomic E-state index is 0.0318. The first-order chi connectivity index (χ1) is 9.97. The van der Waals surface area contributed by atoms with Crippen LogP contribution in [0.25, 0.3) is 0 Å². The van der Waals surface area contributed by atoms with Crippen molar-refractivity contribution in [2.24, 2.45) is 11.3 Å². The lowest BCUT2D eigenvalue weighted by molar-refractivity contribution is -0.139. The molecule has 21 heavy (non-hydrogen) atoms. The van der Waals surface area contributed by atoms with Gasteiger partial charge < -0.3 is 14.6 Å². The Balaban J connectivity index is 1.67. The molecule has 0 bridgehead atoms. The highest BCUT2D eigenvalue weighted by atomic mass is 79.9. The Morgan fingerprint density at radius 2 is 2.10 bits per heavy atom. The van der Waals surface area contributed by atoms with E-state index < -0.39 is 5.97 Å². The highest BCUT2D eigenvalue weighted by Crippen LogP contribution is 2.59. The average molecular weight is 355 g/mol. The van der Waals surface area contributed by atoms with Gasteiger partial charge >= 0.3 is 5.97 Å². The standard InChI is InChI=1S/C15H19BrN2O3/c1-2-17-9-10(16)7-12(17)13(19)18-5-3-15(4-6-18)8-11(15)14(20)21/h7,9,11H,2-6,8H2,1H3,(H,20,21). The van der Waals surface area contributed by atoms with Crippen molar-refractivity contribution < 1.29 is 14.7 Å². The molecule has 1 aliphatic carbocycles. The number of amides is 1. The van der Waals surface area contributed by atoms with E-state index >= 15 is 0 Å². The zero-order valence-electron chi connectivity index (χ0n) is 12.0. The summed E-state index contributed by atoms with van der Waals surface area (Å²) >= 11 is 3.41. The lowest BCUT2D eigenvalue weighted by Crippen LogP contribution is -2.40. The molecular formula is C15H19BrN2O3. The van der Waals surface area contributed by atoms with Crippen molar-refractivity contribution in [2.45, 2.75) is 32.7 Å². The summed E-state index contributed by atoms with van der Waals surface area (Å²) in [6.07, 6.45) is 4.31. The molecule has 1 saturated heterocycles. The van der Waals surface area contributed by atoms with E-state index in [0.717, 1.165) is 30.3 Å². The number of nitrogens with zero attached hydrogens (tertiary/aromatic N) is 2. The van der Waals surface area contributed by atoms with Gasteiger partial charge in [0.2, 0.25) is 0 Å². The van der Waals surface area contributed by atoms with E-state index in [9.17, 15) is 9.59 Å². The second kappa shape index (κ2) is 5.16. The normalized spacial score (nSPS) is 23.3. The van der Waals surface area contributed by atoms with Crippen LogP contribution < -0.4 is 0 Å². The molecule has 2 fully saturated rings. The number of carboxylic acids is 1. The minimum Gasteiger partial charge on any atom is -0.481 e. The summed E-state index contributed by atoms with van der Waals surface area (Å²) in [5.74, 6) is -0.827. The van der Waals surface area contributed by atoms with Gasteiger partial charge in [0.15, 0.2) is 0 Å². The smallest absolute Gasteiger partial charge is 0.307 e. The van der Waals surface area contributed by atoms with Crippen LogP contribution in [0.5, 0.6) is 0 Å². The van der Waals surface area contributed by atoms with E-state index in [1.807, 2.05) is 28.7 Å². The number of hydrogen-bond acceptors (Lipinski definition) is 2. The lowest BCUT2D eigenvalue weighted by Gasteiger charge is -2.32. The Bertz CT molecular complexity index is 588. The highest BCUT2D eigenvalue weighted by molar-refractivity contribution is 9.10. The molecule has 1 atom stereocenters. The highest BCUT2D eigenvalue weighted by Gasteiger charge is 2.59. The third-order valence-electron chi connectivity index (χ3n) is 4.96. The number of aliphatic carboxylic acids is 1. The van der Waals surface area contributed by atoms with E-state index in [2.05, 4.69) is 15.9 Å². The predicted octanol–water partition coefficient (Wildman–Crippen LogP) is 2.60. The van der Waals surface area contributed by atoms with Crippen LogP contribution >= 0.6 is 15.9 Å². The Morgan fingerprint density at radius 3 is 2.62 bits per heavy atom. The first-order valence-electron chi connectivity index (χ1n) is 7.34. The molecule has 2 heterocycles. The van der Waals surface area contributed by atoms with Crippen LogP contribution in [0.3, 0.4) is 0 Å². The molecular weight excluding hydrogens is 336 g/mol. The maximum absolute atomic E-state index is 12.6. The number of likely N-dealkylation sites (tertiary alicyclic amines) is 1. The molecule has 0 radical (unpaired) electrons. The number of rotatable bonds is 3. The SMILES string of the molecule is CCn1cc(Br)cc1C(=O)N1CCC2(CC1)CC2C(=O)O. The van der Waals surface area contributed by atoms with Gasteiger partial charge in [0.05, 0.1) is 5.92 Å². The number of aryl methyl sites for hydroxylation is 1. The number of halogens is 1. The van der Waals surface area contributed by atoms with Crippen molar-refractivity contribution in [1.29, 1.82) is 0 Å². The van der Waals surface area contributed by atoms with Crippen molar-refractivity contribution in [3.63, 3.8) is 0 Å². The first-order valence-corrected chi connectivity index (χ1v) is 8.14. The summed E-state index contributed by atoms with van der Waals surface area (Å²) in [5.41, 5.74) is 0.668. The van der Waals surface area contributed by atoms with Crippen LogP contribution in [-0.2, 0) is 11.3 Å². The van der Waals surface area contributed by atoms with Crippen molar-refractivity contribution in [2.75, 3.05) is 13.1 Å². The van der Waals surface area contributed by atoms with Crippen LogP contribution in [0.1, 0.15) is 36.7 Å². The van der Waals surface area contributed by atoms with Gasteiger partial charge in [-0.05, 0) is 53.6 Å². The molecule has 1 aromatic heterocycles. The molecule has 1 unspecified atom stereocenters. The average Bonchev–Trinajstić information content (AvgIpc) is 3.03. The second-order valence-electron chi connectivity index (χ2n) is 6.08. The monoisotopic (exact) mass is 354 g/mol. The molecule has 1 amide bonds. The molecule has 5 nitrogen and oxygen atoms in total. The summed E-state index contributed by atoms with van der Waals surface area (Å²) < 4.78 is 2.85. The zero-order chi connectivity index (χ0) is 15.2. The van der Waals surface area contributed by atoms with E-state index in [1.165, 1.54) is 0 Å². The fourth-order valence-electron chi connectivity index (χ4n) is 3.48. The number of carbonyl (C=O) groups excluding carboxylic acids is 1. The molecule has 1 saturated carbocycles. The zero-order valence-corrected chi connectivity index (χ0v) is 13.6. The van der Waals surface area contributed by atoms with E-state index in [0.29, 0.717) is 18.8 Å². The fourth-order valence-corrected chi connectivity index (χ4v) is 3.95. The van der Waals surface area contributed by atoms with Gasteiger partial charge in [-0.2, -0.15) is 0 Å². The van der Waals surface area contributed by atoms with E-state index in [1.54, 1.807) is 0 Å². The number of aromatic nitrogens is 1. The van der Waals surface area contributed by atoms with Crippen LogP contribution in [0.4, 0.5) is 0 Å². The number of hydrogen-bond donors (Lipinski definition) is 1. The molecule has 1 N–H and O–H groups in total. The van der Waals surface area contributed by atoms with Crippen molar-refractivity contribution >= 4 is 27.8 Å². The van der Waals surface area contributed by atoms with E-state index in [4.69, 9.17) is 5.11 Å². The summed E-state index contributed by atoms with van der Waals surface area (Å²) in [6.45, 7) is 4.09. The maximum atomic E-state index is 12.6. The van der Waals surface area contributed by atoms with Gasteiger partial charge in [0.25, 0.3) is 5.91 Å². The third-order valence-corrected chi connectivity index (χ3v) is 5.39. The summed E-state index contributed by atoms with van der Waals surface area (Å²) in [4.78, 5) is 25.5. The Morgan fingerprint density at radius 1 is 1.43 bits per heavy atom. The number of carboxylic acid groups (broad SMARTS) is 1. The van der Waals surface area contributed by atoms with Crippen molar-refractivity contribution in [3.05, 3.63) is 22.4 Å². The lowest BCUT2D eigenvalue weighted by atomic mass is 9.90. The Hall–Kier alpha value is -1.30. The van der Waals surface area contributed by atoms with Crippen molar-refractivity contribution in [1.82, 2.24) is 9.47 Å². The second-order valence-corrected chi connectivity index (χ2v) is 6.99. The third kappa shape index (κ3) is 2.50. The van der Waals surface area contributed by atoms with Crippen LogP contribution in [0, 0.1) is 11.3 Å². The molecule has 114 valence electrons. The summed E-state index contributed by atoms with van der Waals surface area (Å²) in [5, 5.41) is 9.11. The minimum atomic E-state index is -0.682. The van der Waals surface area contributed by atoms with Crippen LogP contribution in [0.15, 0.2) is 16.7 Å². The Labute approximate surface area is 132 Å². The summed E-state index contributed by atoms with van der Waals surface area (Å²) in [6, 6.07) is 1.85. The molecule has 0 aromatic carbocycles. The molecule has 1 aromatic rings. The van der Waals surface area contributed by atoms with Gasteiger partial charge in [-0.1, -0.05) is 0 Å². The van der Waals surface area contributed by atoms with Crippen LogP contribution in [-0.4, -0.2) is 39.5 Å². The number of carbonyl (C=O) groups is 2. The maximum Gasteiger partial charge on any atom is 0.307 e. The van der Waals surface area contributed by atoms with Gasteiger partial charge in [-0.15, -0.1) is 0 Å². The fraction of sp³-hybridized carbons (Fsp3) is 0.600. The van der Waals surface area contributed by atoms with Gasteiger partial charge in [-0.3, -0.25) is 9.59 Å². The predicted molar refractivity (Wildman–Crippen MR) is 81.1 cm³/mol. The molecule has 2 aliphatic rings. The molecule has 6 heteroatoms. The molecule has 1 spiro atoms. The van der Waals surface area contributed by atoms with Crippen molar-refractivity contribution in [3.8, 4) is 0 Å². The molecule has 1 aliphatic heterocycles. The quantitative estimate of drug-likeness (QED) is 0.907. The van der Waals surface area contributed by atoms with Gasteiger partial charge in [0.1, 0.15) is 5.69 Å². The molecule has 3 rings (SSSR count). The van der Waals surface area contributed by atoms with E-state index in [-0.39, 0.29) is 17.2 Å². The number of piperidine rings is 1. The van der Waals surface area contributed by atoms with Gasteiger partial charge in [-0.25, -0.2) is 0 Å².